The van der Waals surface area contributed by atoms with Crippen LogP contribution in [0.2, 0.25) is 0 Å². The van der Waals surface area contributed by atoms with E-state index < -0.39 is 0 Å². The highest BCUT2D eigenvalue weighted by molar-refractivity contribution is 7.20. The van der Waals surface area contributed by atoms with E-state index in [4.69, 9.17) is 0 Å². The van der Waals surface area contributed by atoms with E-state index in [1.54, 1.807) is 0 Å². The molecule has 1 N–H and O–H groups in total. The molecule has 5 nitrogen and oxygen atoms in total. The number of pyridine rings is 1. The van der Waals surface area contributed by atoms with Crippen molar-refractivity contribution in [1.29, 1.82) is 0 Å². The lowest BCUT2D eigenvalue weighted by atomic mass is 9.96. The quantitative estimate of drug-likeness (QED) is 0.766. The molecule has 1 aliphatic rings. The second kappa shape index (κ2) is 7.41. The van der Waals surface area contributed by atoms with Crippen LogP contribution in [0.5, 0.6) is 0 Å². The van der Waals surface area contributed by atoms with Crippen LogP contribution in [0.15, 0.2) is 42.6 Å². The molecule has 3 aromatic rings. The number of para-hydroxylation sites is 1. The third-order valence-electron chi connectivity index (χ3n) is 4.90. The first kappa shape index (κ1) is 17.0. The molecule has 134 valence electrons. The first-order chi connectivity index (χ1) is 12.7. The second-order valence-corrected chi connectivity index (χ2v) is 7.81. The van der Waals surface area contributed by atoms with E-state index in [0.717, 1.165) is 48.4 Å². The van der Waals surface area contributed by atoms with Crippen LogP contribution in [0.25, 0.3) is 10.2 Å². The van der Waals surface area contributed by atoms with Gasteiger partial charge in [0.05, 0.1) is 10.2 Å². The predicted molar refractivity (Wildman–Crippen MR) is 106 cm³/mol. The maximum absolute atomic E-state index is 12.4. The molecule has 6 heteroatoms. The van der Waals surface area contributed by atoms with Crippen molar-refractivity contribution >= 4 is 33.1 Å². The van der Waals surface area contributed by atoms with Gasteiger partial charge in [0.2, 0.25) is 0 Å². The molecule has 1 aromatic carbocycles. The molecule has 0 saturated carbocycles. The molecule has 2 aromatic heterocycles. The van der Waals surface area contributed by atoms with Gasteiger partial charge in [-0.15, -0.1) is 11.3 Å². The summed E-state index contributed by atoms with van der Waals surface area (Å²) < 4.78 is 1.05. The number of aromatic nitrogens is 2. The van der Waals surface area contributed by atoms with Gasteiger partial charge in [-0.1, -0.05) is 12.1 Å². The highest BCUT2D eigenvalue weighted by Crippen LogP contribution is 2.24. The Kier molecular flexibility index (Phi) is 4.84. The summed E-state index contributed by atoms with van der Waals surface area (Å²) in [6.45, 7) is 4.78. The average Bonchev–Trinajstić information content (AvgIpc) is 3.11. The van der Waals surface area contributed by atoms with Crippen molar-refractivity contribution in [3.05, 3.63) is 53.3 Å². The maximum atomic E-state index is 12.4. The molecule has 1 amide bonds. The highest BCUT2D eigenvalue weighted by Gasteiger charge is 2.21. The molecule has 26 heavy (non-hydrogen) atoms. The third-order valence-corrected chi connectivity index (χ3v) is 5.93. The van der Waals surface area contributed by atoms with E-state index in [0.29, 0.717) is 10.9 Å². The summed E-state index contributed by atoms with van der Waals surface area (Å²) >= 11 is 1.45. The fourth-order valence-corrected chi connectivity index (χ4v) is 4.29. The van der Waals surface area contributed by atoms with Gasteiger partial charge in [0.25, 0.3) is 5.91 Å². The Bertz CT molecular complexity index is 882. The van der Waals surface area contributed by atoms with Crippen LogP contribution in [0.1, 0.15) is 28.3 Å². The molecule has 0 radical (unpaired) electrons. The van der Waals surface area contributed by atoms with Crippen molar-refractivity contribution in [2.75, 3.05) is 24.5 Å². The first-order valence-corrected chi connectivity index (χ1v) is 9.82. The lowest BCUT2D eigenvalue weighted by Gasteiger charge is -2.33. The van der Waals surface area contributed by atoms with Gasteiger partial charge < -0.3 is 10.2 Å². The van der Waals surface area contributed by atoms with Gasteiger partial charge in [0, 0.05) is 37.2 Å². The number of piperidine rings is 1. The van der Waals surface area contributed by atoms with Gasteiger partial charge in [-0.3, -0.25) is 9.78 Å². The minimum atomic E-state index is -0.0570. The van der Waals surface area contributed by atoms with Gasteiger partial charge >= 0.3 is 0 Å². The number of nitrogens with one attached hydrogen (secondary N) is 1. The summed E-state index contributed by atoms with van der Waals surface area (Å²) in [7, 11) is 0. The van der Waals surface area contributed by atoms with E-state index in [-0.39, 0.29) is 5.91 Å². The molecular formula is C20H22N4OS. The van der Waals surface area contributed by atoms with Crippen LogP contribution < -0.4 is 10.2 Å². The summed E-state index contributed by atoms with van der Waals surface area (Å²) in [5, 5.41) is 3.63. The SMILES string of the molecule is Cc1cc(N2CCC(CNC(=O)c3nc4ccccc4s3)CC2)ccn1. The van der Waals surface area contributed by atoms with Crippen molar-refractivity contribution < 1.29 is 4.79 Å². The number of benzene rings is 1. The molecule has 0 bridgehead atoms. The number of thiazole rings is 1. The zero-order chi connectivity index (χ0) is 17.9. The second-order valence-electron chi connectivity index (χ2n) is 6.78. The molecule has 0 spiro atoms. The number of amides is 1. The zero-order valence-electron chi connectivity index (χ0n) is 14.8. The maximum Gasteiger partial charge on any atom is 0.280 e. The molecule has 0 aliphatic carbocycles. The number of carbonyl (C=O) groups is 1. The van der Waals surface area contributed by atoms with Gasteiger partial charge in [0.15, 0.2) is 5.01 Å². The van der Waals surface area contributed by atoms with E-state index in [1.807, 2.05) is 37.4 Å². The minimum absolute atomic E-state index is 0.0570. The summed E-state index contributed by atoms with van der Waals surface area (Å²) in [6, 6.07) is 12.1. The fourth-order valence-electron chi connectivity index (χ4n) is 3.40. The number of carbonyl (C=O) groups excluding carboxylic acids is 1. The van der Waals surface area contributed by atoms with E-state index in [2.05, 4.69) is 32.3 Å². The topological polar surface area (TPSA) is 58.1 Å². The van der Waals surface area contributed by atoms with Crippen LogP contribution in [0.4, 0.5) is 5.69 Å². The average molecular weight is 366 g/mol. The number of fused-ring (bicyclic) bond motifs is 1. The van der Waals surface area contributed by atoms with Gasteiger partial charge in [0.1, 0.15) is 0 Å². The Labute approximate surface area is 157 Å². The summed E-state index contributed by atoms with van der Waals surface area (Å²) in [4.78, 5) is 23.5. The van der Waals surface area contributed by atoms with Gasteiger partial charge in [-0.25, -0.2) is 4.98 Å². The number of hydrogen-bond acceptors (Lipinski definition) is 5. The lowest BCUT2D eigenvalue weighted by Crippen LogP contribution is -2.38. The van der Waals surface area contributed by atoms with E-state index in [9.17, 15) is 4.79 Å². The van der Waals surface area contributed by atoms with Gasteiger partial charge in [-0.2, -0.15) is 0 Å². The Morgan fingerprint density at radius 1 is 1.27 bits per heavy atom. The van der Waals surface area contributed by atoms with Crippen LogP contribution >= 0.6 is 11.3 Å². The molecular weight excluding hydrogens is 344 g/mol. The Hall–Kier alpha value is -2.47. The monoisotopic (exact) mass is 366 g/mol. The smallest absolute Gasteiger partial charge is 0.280 e. The van der Waals surface area contributed by atoms with Gasteiger partial charge in [-0.05, 0) is 49.9 Å². The molecule has 1 aliphatic heterocycles. The van der Waals surface area contributed by atoms with E-state index >= 15 is 0 Å². The minimum Gasteiger partial charge on any atom is -0.371 e. The summed E-state index contributed by atoms with van der Waals surface area (Å²) in [5.41, 5.74) is 3.19. The Morgan fingerprint density at radius 3 is 2.85 bits per heavy atom. The van der Waals surface area contributed by atoms with Crippen LogP contribution in [-0.4, -0.2) is 35.5 Å². The fraction of sp³-hybridized carbons (Fsp3) is 0.350. The molecule has 3 heterocycles. The largest absolute Gasteiger partial charge is 0.371 e. The molecule has 0 unspecified atom stereocenters. The lowest BCUT2D eigenvalue weighted by molar-refractivity contribution is 0.0944. The first-order valence-electron chi connectivity index (χ1n) is 9.00. The van der Waals surface area contributed by atoms with Crippen molar-refractivity contribution in [2.45, 2.75) is 19.8 Å². The standard InChI is InChI=1S/C20H22N4OS/c1-14-12-16(6-9-21-14)24-10-7-15(8-11-24)13-22-19(25)20-23-17-4-2-3-5-18(17)26-20/h2-6,9,12,15H,7-8,10-11,13H2,1H3,(H,22,25). The molecule has 0 atom stereocenters. The van der Waals surface area contributed by atoms with E-state index in [1.165, 1.54) is 17.0 Å². The predicted octanol–water partition coefficient (Wildman–Crippen LogP) is 3.65. The number of anilines is 1. The zero-order valence-corrected chi connectivity index (χ0v) is 15.6. The van der Waals surface area contributed by atoms with Crippen LogP contribution in [-0.2, 0) is 0 Å². The number of hydrogen-bond donors (Lipinski definition) is 1. The Balaban J connectivity index is 1.30. The van der Waals surface area contributed by atoms with Crippen molar-refractivity contribution in [3.8, 4) is 0 Å². The number of rotatable bonds is 4. The highest BCUT2D eigenvalue weighted by atomic mass is 32.1. The molecule has 1 saturated heterocycles. The van der Waals surface area contributed by atoms with Crippen molar-refractivity contribution in [1.82, 2.24) is 15.3 Å². The number of nitrogens with zero attached hydrogens (tertiary/aromatic N) is 3. The number of aryl methyl sites for hydroxylation is 1. The van der Waals surface area contributed by atoms with Crippen molar-refractivity contribution in [2.24, 2.45) is 5.92 Å². The van der Waals surface area contributed by atoms with Crippen molar-refractivity contribution in [3.63, 3.8) is 0 Å². The third kappa shape index (κ3) is 3.70. The van der Waals surface area contributed by atoms with Crippen LogP contribution in [0, 0.1) is 12.8 Å². The van der Waals surface area contributed by atoms with Crippen LogP contribution in [0.3, 0.4) is 0 Å². The Morgan fingerprint density at radius 2 is 2.08 bits per heavy atom. The normalized spacial score (nSPS) is 15.3. The summed E-state index contributed by atoms with van der Waals surface area (Å²) in [5.74, 6) is 0.464. The molecule has 1 fully saturated rings. The summed E-state index contributed by atoms with van der Waals surface area (Å²) in [6.07, 6.45) is 4.04. The molecule has 4 rings (SSSR count).